The highest BCUT2D eigenvalue weighted by atomic mass is 16.5. The van der Waals surface area contributed by atoms with Crippen molar-refractivity contribution < 1.29 is 13.9 Å². The molecule has 6 nitrogen and oxygen atoms in total. The first-order valence-electron chi connectivity index (χ1n) is 8.79. The predicted molar refractivity (Wildman–Crippen MR) is 99.6 cm³/mol. The molecule has 2 aromatic rings. The Morgan fingerprint density at radius 2 is 2.04 bits per heavy atom. The van der Waals surface area contributed by atoms with Gasteiger partial charge < -0.3 is 14.9 Å². The van der Waals surface area contributed by atoms with Crippen molar-refractivity contribution in [3.8, 4) is 11.8 Å². The molecule has 0 bridgehead atoms. The van der Waals surface area contributed by atoms with E-state index in [4.69, 9.17) is 14.9 Å². The number of rotatable bonds is 3. The third-order valence-electron chi connectivity index (χ3n) is 5.07. The van der Waals surface area contributed by atoms with Gasteiger partial charge in [-0.05, 0) is 49.2 Å². The van der Waals surface area contributed by atoms with Gasteiger partial charge in [0.15, 0.2) is 5.78 Å². The first-order valence-corrected chi connectivity index (χ1v) is 8.79. The Bertz CT molecular complexity index is 979. The minimum Gasteiger partial charge on any atom is -0.497 e. The summed E-state index contributed by atoms with van der Waals surface area (Å²) in [6.07, 6.45) is 3.48. The normalized spacial score (nSPS) is 19.8. The molecule has 0 amide bonds. The van der Waals surface area contributed by atoms with E-state index in [9.17, 15) is 10.1 Å². The van der Waals surface area contributed by atoms with Crippen LogP contribution in [0.15, 0.2) is 69.7 Å². The molecule has 0 radical (unpaired) electrons. The summed E-state index contributed by atoms with van der Waals surface area (Å²) in [7, 11) is 1.60. The van der Waals surface area contributed by atoms with Crippen molar-refractivity contribution in [1.29, 1.82) is 5.26 Å². The molecule has 0 spiro atoms. The zero-order valence-corrected chi connectivity index (χ0v) is 14.9. The molecule has 1 atom stereocenters. The van der Waals surface area contributed by atoms with Crippen LogP contribution >= 0.6 is 0 Å². The summed E-state index contributed by atoms with van der Waals surface area (Å²) in [6.45, 7) is 0. The summed E-state index contributed by atoms with van der Waals surface area (Å²) >= 11 is 0. The quantitative estimate of drug-likeness (QED) is 0.898. The Balaban J connectivity index is 1.92. The number of allylic oxidation sites excluding steroid dienone is 3. The van der Waals surface area contributed by atoms with Crippen molar-refractivity contribution in [2.24, 2.45) is 5.73 Å². The van der Waals surface area contributed by atoms with E-state index in [1.165, 1.54) is 0 Å². The maximum atomic E-state index is 12.9. The number of carbonyl (C=O) groups excluding carboxylic acids is 1. The molecular weight excluding hydrogens is 342 g/mol. The number of nitriles is 1. The Hall–Kier alpha value is -3.46. The summed E-state index contributed by atoms with van der Waals surface area (Å²) < 4.78 is 10.8. The van der Waals surface area contributed by atoms with Crippen molar-refractivity contribution in [2.75, 3.05) is 12.0 Å². The summed E-state index contributed by atoms with van der Waals surface area (Å²) in [5, 5.41) is 9.84. The minimum absolute atomic E-state index is 0.0383. The van der Waals surface area contributed by atoms with Gasteiger partial charge in [-0.15, -0.1) is 0 Å². The number of nitrogens with two attached hydrogens (primary N) is 1. The highest BCUT2D eigenvalue weighted by Crippen LogP contribution is 2.46. The molecule has 4 rings (SSSR count). The van der Waals surface area contributed by atoms with E-state index in [0.29, 0.717) is 35.6 Å². The van der Waals surface area contributed by atoms with E-state index >= 15 is 0 Å². The lowest BCUT2D eigenvalue weighted by atomic mass is 9.77. The number of ether oxygens (including phenoxy) is 1. The Morgan fingerprint density at radius 3 is 2.67 bits per heavy atom. The summed E-state index contributed by atoms with van der Waals surface area (Å²) in [6, 6.07) is 13.2. The highest BCUT2D eigenvalue weighted by Gasteiger charge is 2.41. The van der Waals surface area contributed by atoms with Crippen molar-refractivity contribution in [3.05, 3.63) is 71.1 Å². The van der Waals surface area contributed by atoms with E-state index in [-0.39, 0.29) is 5.78 Å². The van der Waals surface area contributed by atoms with Crippen LogP contribution in [0, 0.1) is 11.3 Å². The molecular formula is C21H19N3O3. The number of nitrogens with zero attached hydrogens (tertiary/aromatic N) is 2. The van der Waals surface area contributed by atoms with Crippen molar-refractivity contribution in [1.82, 2.24) is 0 Å². The molecule has 0 saturated heterocycles. The van der Waals surface area contributed by atoms with Gasteiger partial charge in [0, 0.05) is 23.4 Å². The molecule has 1 aromatic heterocycles. The number of carbonyl (C=O) groups is 1. The van der Waals surface area contributed by atoms with E-state index in [1.54, 1.807) is 25.5 Å². The lowest BCUT2D eigenvalue weighted by Gasteiger charge is -2.39. The fraction of sp³-hybridized carbons (Fsp3) is 0.238. The maximum Gasteiger partial charge on any atom is 0.161 e. The number of methoxy groups -OCH3 is 1. The second kappa shape index (κ2) is 6.69. The second-order valence-electron chi connectivity index (χ2n) is 6.53. The number of furan rings is 1. The van der Waals surface area contributed by atoms with E-state index in [1.807, 2.05) is 29.2 Å². The molecule has 1 unspecified atom stereocenters. The summed E-state index contributed by atoms with van der Waals surface area (Å²) in [5.41, 5.74) is 9.02. The maximum absolute atomic E-state index is 12.9. The average molecular weight is 361 g/mol. The Kier molecular flexibility index (Phi) is 4.21. The fourth-order valence-electron chi connectivity index (χ4n) is 3.85. The van der Waals surface area contributed by atoms with Gasteiger partial charge >= 0.3 is 0 Å². The zero-order chi connectivity index (χ0) is 19.0. The summed E-state index contributed by atoms with van der Waals surface area (Å²) in [4.78, 5) is 14.7. The average Bonchev–Trinajstić information content (AvgIpc) is 3.22. The molecule has 1 aliphatic heterocycles. The van der Waals surface area contributed by atoms with Crippen LogP contribution in [0.3, 0.4) is 0 Å². The highest BCUT2D eigenvalue weighted by molar-refractivity contribution is 6.01. The van der Waals surface area contributed by atoms with Crippen LogP contribution in [0.1, 0.15) is 30.9 Å². The van der Waals surface area contributed by atoms with Gasteiger partial charge in [-0.2, -0.15) is 5.26 Å². The molecule has 27 heavy (non-hydrogen) atoms. The van der Waals surface area contributed by atoms with Crippen LogP contribution in [0.4, 0.5) is 5.69 Å². The molecule has 2 N–H and O–H groups in total. The molecule has 0 saturated carbocycles. The van der Waals surface area contributed by atoms with E-state index in [0.717, 1.165) is 23.6 Å². The standard InChI is InChI=1S/C21H19N3O3/c1-26-14-9-7-13(8-10-14)24-16-4-2-5-17(25)20(16)19(15(12-22)21(24)23)18-6-3-11-27-18/h3,6-11,19H,2,4-5,23H2,1H3. The molecule has 136 valence electrons. The SMILES string of the molecule is COc1ccc(N2C(N)=C(C#N)C(c3ccco3)C3=C2CCCC3=O)cc1. The van der Waals surface area contributed by atoms with Crippen LogP contribution < -0.4 is 15.4 Å². The van der Waals surface area contributed by atoms with Crippen LogP contribution in [0.5, 0.6) is 5.75 Å². The number of ketones is 1. The van der Waals surface area contributed by atoms with Gasteiger partial charge in [-0.25, -0.2) is 0 Å². The molecule has 6 heteroatoms. The zero-order valence-electron chi connectivity index (χ0n) is 14.9. The molecule has 0 fully saturated rings. The minimum atomic E-state index is -0.553. The topological polar surface area (TPSA) is 92.5 Å². The van der Waals surface area contributed by atoms with Gasteiger partial charge in [-0.1, -0.05) is 0 Å². The van der Waals surface area contributed by atoms with Gasteiger partial charge in [0.25, 0.3) is 0 Å². The van der Waals surface area contributed by atoms with E-state index < -0.39 is 5.92 Å². The first kappa shape index (κ1) is 17.0. The third kappa shape index (κ3) is 2.68. The molecule has 1 aromatic carbocycles. The molecule has 2 aliphatic rings. The van der Waals surface area contributed by atoms with Gasteiger partial charge in [0.1, 0.15) is 17.3 Å². The van der Waals surface area contributed by atoms with Crippen LogP contribution in [0.25, 0.3) is 0 Å². The first-order chi connectivity index (χ1) is 13.2. The third-order valence-corrected chi connectivity index (χ3v) is 5.07. The smallest absolute Gasteiger partial charge is 0.161 e. The molecule has 1 aliphatic carbocycles. The number of hydrogen-bond donors (Lipinski definition) is 1. The van der Waals surface area contributed by atoms with Crippen molar-refractivity contribution >= 4 is 11.5 Å². The lowest BCUT2D eigenvalue weighted by Crippen LogP contribution is -2.38. The van der Waals surface area contributed by atoms with Crippen molar-refractivity contribution in [3.63, 3.8) is 0 Å². The van der Waals surface area contributed by atoms with Crippen LogP contribution in [-0.4, -0.2) is 12.9 Å². The van der Waals surface area contributed by atoms with Crippen LogP contribution in [-0.2, 0) is 4.79 Å². The number of hydrogen-bond acceptors (Lipinski definition) is 6. The lowest BCUT2D eigenvalue weighted by molar-refractivity contribution is -0.116. The largest absolute Gasteiger partial charge is 0.497 e. The predicted octanol–water partition coefficient (Wildman–Crippen LogP) is 3.59. The number of benzene rings is 1. The fourth-order valence-corrected chi connectivity index (χ4v) is 3.85. The summed E-state index contributed by atoms with van der Waals surface area (Å²) in [5.74, 6) is 1.10. The number of Topliss-reactive ketones (excluding diaryl/α,β-unsaturated/α-hetero) is 1. The molecule has 2 heterocycles. The van der Waals surface area contributed by atoms with Crippen LogP contribution in [0.2, 0.25) is 0 Å². The van der Waals surface area contributed by atoms with Gasteiger partial charge in [-0.3, -0.25) is 9.69 Å². The number of anilines is 1. The van der Waals surface area contributed by atoms with Gasteiger partial charge in [0.05, 0.1) is 30.9 Å². The Morgan fingerprint density at radius 1 is 1.26 bits per heavy atom. The Labute approximate surface area is 157 Å². The second-order valence-corrected chi connectivity index (χ2v) is 6.53. The van der Waals surface area contributed by atoms with E-state index in [2.05, 4.69) is 6.07 Å². The van der Waals surface area contributed by atoms with Crippen molar-refractivity contribution in [2.45, 2.75) is 25.2 Å². The van der Waals surface area contributed by atoms with Gasteiger partial charge in [0.2, 0.25) is 0 Å². The monoisotopic (exact) mass is 361 g/mol.